The van der Waals surface area contributed by atoms with E-state index in [2.05, 4.69) is 10.6 Å². The van der Waals surface area contributed by atoms with Crippen LogP contribution in [0.5, 0.6) is 5.75 Å². The van der Waals surface area contributed by atoms with Gasteiger partial charge in [0, 0.05) is 26.1 Å². The molecule has 3 amide bonds. The van der Waals surface area contributed by atoms with Crippen LogP contribution >= 0.6 is 0 Å². The van der Waals surface area contributed by atoms with E-state index in [1.54, 1.807) is 0 Å². The van der Waals surface area contributed by atoms with Crippen LogP contribution in [0.1, 0.15) is 44.7 Å². The van der Waals surface area contributed by atoms with E-state index >= 15 is 0 Å². The number of benzene rings is 1. The Kier molecular flexibility index (Phi) is 6.90. The van der Waals surface area contributed by atoms with E-state index in [0.717, 1.165) is 37.2 Å². The Labute approximate surface area is 143 Å². The lowest BCUT2D eigenvalue weighted by Crippen LogP contribution is -2.39. The van der Waals surface area contributed by atoms with Gasteiger partial charge in [-0.15, -0.1) is 0 Å². The minimum Gasteiger partial charge on any atom is -0.494 e. The van der Waals surface area contributed by atoms with Crippen molar-refractivity contribution in [3.8, 4) is 5.75 Å². The third kappa shape index (κ3) is 5.44. The van der Waals surface area contributed by atoms with E-state index in [1.165, 1.54) is 0 Å². The molecule has 1 saturated heterocycles. The van der Waals surface area contributed by atoms with E-state index in [9.17, 15) is 9.59 Å². The average Bonchev–Trinajstić information content (AvgIpc) is 3.10. The number of hydrogen-bond donors (Lipinski definition) is 2. The lowest BCUT2D eigenvalue weighted by Gasteiger charge is -2.17. The number of carbonyl (C=O) groups is 2. The van der Waals surface area contributed by atoms with Gasteiger partial charge in [0.25, 0.3) is 0 Å². The first-order valence-electron chi connectivity index (χ1n) is 8.65. The second-order valence-electron chi connectivity index (χ2n) is 5.97. The van der Waals surface area contributed by atoms with E-state index in [-0.39, 0.29) is 18.0 Å². The highest BCUT2D eigenvalue weighted by atomic mass is 16.5. The van der Waals surface area contributed by atoms with Crippen LogP contribution in [0.15, 0.2) is 24.3 Å². The van der Waals surface area contributed by atoms with Gasteiger partial charge in [-0.1, -0.05) is 12.1 Å². The molecule has 2 rings (SSSR count). The van der Waals surface area contributed by atoms with Gasteiger partial charge < -0.3 is 20.3 Å². The van der Waals surface area contributed by atoms with Crippen LogP contribution in [-0.2, 0) is 4.79 Å². The number of likely N-dealkylation sites (tertiary alicyclic amines) is 1. The number of rotatable bonds is 7. The van der Waals surface area contributed by atoms with Crippen molar-refractivity contribution in [3.63, 3.8) is 0 Å². The van der Waals surface area contributed by atoms with E-state index in [1.807, 2.05) is 43.0 Å². The summed E-state index contributed by atoms with van der Waals surface area (Å²) in [4.78, 5) is 25.7. The Morgan fingerprint density at radius 3 is 2.75 bits per heavy atom. The molecule has 0 saturated carbocycles. The summed E-state index contributed by atoms with van der Waals surface area (Å²) in [5.41, 5.74) is 0.976. The Morgan fingerprint density at radius 2 is 2.04 bits per heavy atom. The van der Waals surface area contributed by atoms with Gasteiger partial charge in [0.15, 0.2) is 0 Å². The normalized spacial score (nSPS) is 15.0. The van der Waals surface area contributed by atoms with Crippen molar-refractivity contribution >= 4 is 11.9 Å². The molecule has 1 aromatic carbocycles. The predicted molar refractivity (Wildman–Crippen MR) is 93.0 cm³/mol. The molecule has 2 N–H and O–H groups in total. The topological polar surface area (TPSA) is 70.7 Å². The van der Waals surface area contributed by atoms with Crippen molar-refractivity contribution in [3.05, 3.63) is 29.8 Å². The molecule has 6 heteroatoms. The molecular formula is C18H27N3O3. The number of nitrogens with zero attached hydrogens (tertiary/aromatic N) is 1. The second kappa shape index (κ2) is 9.15. The lowest BCUT2D eigenvalue weighted by atomic mass is 10.1. The van der Waals surface area contributed by atoms with E-state index in [4.69, 9.17) is 4.74 Å². The number of carbonyl (C=O) groups excluding carboxylic acids is 2. The Morgan fingerprint density at radius 1 is 1.29 bits per heavy atom. The van der Waals surface area contributed by atoms with Crippen molar-refractivity contribution in [1.29, 1.82) is 0 Å². The zero-order valence-corrected chi connectivity index (χ0v) is 14.5. The third-order valence-corrected chi connectivity index (χ3v) is 4.10. The van der Waals surface area contributed by atoms with Gasteiger partial charge in [-0.2, -0.15) is 0 Å². The minimum atomic E-state index is -0.265. The molecule has 1 unspecified atom stereocenters. The molecule has 1 aliphatic rings. The summed E-state index contributed by atoms with van der Waals surface area (Å²) in [6, 6.07) is 7.27. The Balaban J connectivity index is 1.73. The molecule has 0 bridgehead atoms. The molecule has 1 aromatic rings. The molecule has 6 nitrogen and oxygen atoms in total. The van der Waals surface area contributed by atoms with Crippen LogP contribution in [0.3, 0.4) is 0 Å². The fourth-order valence-corrected chi connectivity index (χ4v) is 2.78. The average molecular weight is 333 g/mol. The number of ether oxygens (including phenoxy) is 1. The number of nitrogens with one attached hydrogen (secondary N) is 2. The molecule has 0 aliphatic carbocycles. The van der Waals surface area contributed by atoms with Gasteiger partial charge in [-0.05, 0) is 44.4 Å². The Hall–Kier alpha value is -2.24. The van der Waals surface area contributed by atoms with Gasteiger partial charge in [0.2, 0.25) is 5.91 Å². The zero-order valence-electron chi connectivity index (χ0n) is 14.5. The van der Waals surface area contributed by atoms with E-state index in [0.29, 0.717) is 19.6 Å². The standard InChI is InChI=1S/C18H27N3O3/c1-3-24-16-8-6-7-15(13-16)14(2)20-18(23)19-10-9-17(22)21-11-4-5-12-21/h6-8,13-14H,3-5,9-12H2,1-2H3,(H2,19,20,23). The van der Waals surface area contributed by atoms with Gasteiger partial charge in [0.1, 0.15) is 5.75 Å². The molecule has 1 heterocycles. The maximum Gasteiger partial charge on any atom is 0.315 e. The second-order valence-corrected chi connectivity index (χ2v) is 5.97. The summed E-state index contributed by atoms with van der Waals surface area (Å²) < 4.78 is 5.47. The number of amides is 3. The first kappa shape index (κ1) is 18.1. The fourth-order valence-electron chi connectivity index (χ4n) is 2.78. The van der Waals surface area contributed by atoms with Crippen LogP contribution < -0.4 is 15.4 Å². The SMILES string of the molecule is CCOc1cccc(C(C)NC(=O)NCCC(=O)N2CCCC2)c1. The summed E-state index contributed by atoms with van der Waals surface area (Å²) >= 11 is 0. The molecule has 132 valence electrons. The van der Waals surface area contributed by atoms with Crippen molar-refractivity contribution in [2.45, 2.75) is 39.2 Å². The molecule has 0 spiro atoms. The molecular weight excluding hydrogens is 306 g/mol. The smallest absolute Gasteiger partial charge is 0.315 e. The highest BCUT2D eigenvalue weighted by molar-refractivity contribution is 5.78. The maximum atomic E-state index is 12.0. The van der Waals surface area contributed by atoms with Crippen molar-refractivity contribution in [2.24, 2.45) is 0 Å². The molecule has 1 aliphatic heterocycles. The van der Waals surface area contributed by atoms with Crippen LogP contribution in [0.2, 0.25) is 0 Å². The predicted octanol–water partition coefficient (Wildman–Crippen LogP) is 2.46. The summed E-state index contributed by atoms with van der Waals surface area (Å²) in [5, 5.41) is 5.63. The Bertz CT molecular complexity index is 556. The van der Waals surface area contributed by atoms with Crippen LogP contribution in [0.4, 0.5) is 4.79 Å². The highest BCUT2D eigenvalue weighted by Crippen LogP contribution is 2.19. The maximum absolute atomic E-state index is 12.0. The number of hydrogen-bond acceptors (Lipinski definition) is 3. The lowest BCUT2D eigenvalue weighted by molar-refractivity contribution is -0.129. The quantitative estimate of drug-likeness (QED) is 0.805. The van der Waals surface area contributed by atoms with Crippen LogP contribution in [0.25, 0.3) is 0 Å². The first-order valence-corrected chi connectivity index (χ1v) is 8.65. The zero-order chi connectivity index (χ0) is 17.4. The number of urea groups is 1. The molecule has 1 atom stereocenters. The first-order chi connectivity index (χ1) is 11.6. The molecule has 1 fully saturated rings. The van der Waals surface area contributed by atoms with Crippen LogP contribution in [-0.4, -0.2) is 43.1 Å². The molecule has 0 aromatic heterocycles. The summed E-state index contributed by atoms with van der Waals surface area (Å²) in [5.74, 6) is 0.908. The van der Waals surface area contributed by atoms with Gasteiger partial charge in [-0.3, -0.25) is 4.79 Å². The van der Waals surface area contributed by atoms with Gasteiger partial charge in [-0.25, -0.2) is 4.79 Å². The van der Waals surface area contributed by atoms with Crippen molar-refractivity contribution in [2.75, 3.05) is 26.2 Å². The fraction of sp³-hybridized carbons (Fsp3) is 0.556. The van der Waals surface area contributed by atoms with E-state index < -0.39 is 0 Å². The summed E-state index contributed by atoms with van der Waals surface area (Å²) in [6.45, 7) is 6.51. The summed E-state index contributed by atoms with van der Waals surface area (Å²) in [6.07, 6.45) is 2.51. The minimum absolute atomic E-state index is 0.116. The van der Waals surface area contributed by atoms with Crippen LogP contribution in [0, 0.1) is 0 Å². The monoisotopic (exact) mass is 333 g/mol. The molecule has 0 radical (unpaired) electrons. The van der Waals surface area contributed by atoms with Crippen molar-refractivity contribution < 1.29 is 14.3 Å². The largest absolute Gasteiger partial charge is 0.494 e. The van der Waals surface area contributed by atoms with Gasteiger partial charge in [0.05, 0.1) is 12.6 Å². The van der Waals surface area contributed by atoms with Gasteiger partial charge >= 0.3 is 6.03 Å². The third-order valence-electron chi connectivity index (χ3n) is 4.10. The van der Waals surface area contributed by atoms with Crippen molar-refractivity contribution in [1.82, 2.24) is 15.5 Å². The highest BCUT2D eigenvalue weighted by Gasteiger charge is 2.17. The molecule has 24 heavy (non-hydrogen) atoms. The summed E-state index contributed by atoms with van der Waals surface area (Å²) in [7, 11) is 0.